The average Bonchev–Trinajstić information content (AvgIpc) is 3.05. The Labute approximate surface area is 142 Å². The van der Waals surface area contributed by atoms with Gasteiger partial charge in [0.2, 0.25) is 0 Å². The molecule has 0 saturated carbocycles. The van der Waals surface area contributed by atoms with Crippen LogP contribution >= 0.6 is 0 Å². The van der Waals surface area contributed by atoms with Crippen molar-refractivity contribution in [2.75, 3.05) is 0 Å². The molecule has 0 aliphatic carbocycles. The molecule has 1 heteroatoms. The Morgan fingerprint density at radius 2 is 0.579 bits per heavy atom. The normalized spacial score (nSPS) is 8.37. The van der Waals surface area contributed by atoms with Gasteiger partial charge in [0.1, 0.15) is 0 Å². The first-order valence-corrected chi connectivity index (χ1v) is 6.23. The summed E-state index contributed by atoms with van der Waals surface area (Å²) in [6, 6.07) is 24.7. The molecule has 0 aliphatic heterocycles. The molecule has 0 unspecified atom stereocenters. The smallest absolute Gasteiger partial charge is 0.213 e. The molecule has 3 aromatic rings. The maximum atomic E-state index is 2.08. The molecular weight excluding hydrogens is 305 g/mol. The van der Waals surface area contributed by atoms with Gasteiger partial charge in [0, 0.05) is 0 Å². The first-order valence-electron chi connectivity index (χ1n) is 6.23. The Morgan fingerprint density at radius 1 is 0.421 bits per heavy atom. The van der Waals surface area contributed by atoms with E-state index in [-0.39, 0.29) is 32.7 Å². The molecule has 0 N–H and O–H groups in total. The summed E-state index contributed by atoms with van der Waals surface area (Å²) in [5, 5.41) is 0. The molecule has 0 bridgehead atoms. The summed E-state index contributed by atoms with van der Waals surface area (Å²) in [4.78, 5) is 0. The molecule has 96 valence electrons. The van der Waals surface area contributed by atoms with E-state index in [9.17, 15) is 0 Å². The second-order valence-electron chi connectivity index (χ2n) is 4.39. The molecule has 3 aromatic carbocycles. The van der Waals surface area contributed by atoms with Crippen molar-refractivity contribution in [3.05, 3.63) is 89.5 Å². The second kappa shape index (κ2) is 11.0. The quantitative estimate of drug-likeness (QED) is 0.502. The zero-order valence-electron chi connectivity index (χ0n) is 12.0. The van der Waals surface area contributed by atoms with E-state index in [4.69, 9.17) is 0 Å². The largest absolute Gasteiger partial charge is 3.00 e. The van der Waals surface area contributed by atoms with Crippen molar-refractivity contribution in [1.82, 2.24) is 0 Å². The Kier molecular flexibility index (Phi) is 10.5. The molecule has 19 heavy (non-hydrogen) atoms. The van der Waals surface area contributed by atoms with Gasteiger partial charge in [-0.15, -0.1) is 0 Å². The molecule has 0 heterocycles. The van der Waals surface area contributed by atoms with Gasteiger partial charge in [0.25, 0.3) is 0 Å². The van der Waals surface area contributed by atoms with Crippen LogP contribution in [0.2, 0.25) is 0 Å². The molecule has 0 radical (unpaired) electrons. The maximum absolute atomic E-state index is 2.08. The van der Waals surface area contributed by atoms with Crippen molar-refractivity contribution in [2.24, 2.45) is 0 Å². The van der Waals surface area contributed by atoms with Crippen molar-refractivity contribution >= 4 is 0 Å². The third-order valence-corrected chi connectivity index (χ3v) is 2.49. The van der Waals surface area contributed by atoms with Crippen molar-refractivity contribution in [2.45, 2.75) is 20.8 Å². The van der Waals surface area contributed by atoms with Crippen LogP contribution in [-0.4, -0.2) is 0 Å². The topological polar surface area (TPSA) is 0 Å². The SMILES string of the molecule is C[c-]1cccc1.C[c-]1cccc1.C[c-]1cccc1.[Y+3]. The third kappa shape index (κ3) is 9.70. The molecule has 0 spiro atoms. The van der Waals surface area contributed by atoms with Crippen LogP contribution in [0.5, 0.6) is 0 Å². The van der Waals surface area contributed by atoms with Gasteiger partial charge >= 0.3 is 32.7 Å². The summed E-state index contributed by atoms with van der Waals surface area (Å²) >= 11 is 0. The average molecular weight is 326 g/mol. The maximum Gasteiger partial charge on any atom is 3.00 e. The van der Waals surface area contributed by atoms with Gasteiger partial charge in [-0.25, -0.2) is 36.4 Å². The number of hydrogen-bond donors (Lipinski definition) is 0. The Hall–Kier alpha value is -0.846. The zero-order chi connectivity index (χ0) is 13.2. The molecule has 0 saturated heterocycles. The molecule has 3 rings (SSSR count). The van der Waals surface area contributed by atoms with Gasteiger partial charge in [-0.2, -0.15) is 53.1 Å². The van der Waals surface area contributed by atoms with Crippen molar-refractivity contribution in [1.29, 1.82) is 0 Å². The van der Waals surface area contributed by atoms with E-state index >= 15 is 0 Å². The zero-order valence-corrected chi connectivity index (χ0v) is 14.8. The minimum Gasteiger partial charge on any atom is -0.213 e. The van der Waals surface area contributed by atoms with Crippen LogP contribution < -0.4 is 0 Å². The number of aryl methyl sites for hydroxylation is 3. The van der Waals surface area contributed by atoms with Crippen molar-refractivity contribution in [3.63, 3.8) is 0 Å². The summed E-state index contributed by atoms with van der Waals surface area (Å²) < 4.78 is 0. The van der Waals surface area contributed by atoms with Crippen LogP contribution in [-0.2, 0) is 32.7 Å². The van der Waals surface area contributed by atoms with Gasteiger partial charge in [0.05, 0.1) is 0 Å². The second-order valence-corrected chi connectivity index (χ2v) is 4.39. The summed E-state index contributed by atoms with van der Waals surface area (Å²) in [6.45, 7) is 6.25. The van der Waals surface area contributed by atoms with E-state index in [1.54, 1.807) is 0 Å². The van der Waals surface area contributed by atoms with Crippen LogP contribution in [0.25, 0.3) is 0 Å². The minimum absolute atomic E-state index is 0. The summed E-state index contributed by atoms with van der Waals surface area (Å²) in [6.07, 6.45) is 0. The van der Waals surface area contributed by atoms with Gasteiger partial charge in [-0.1, -0.05) is 20.8 Å². The van der Waals surface area contributed by atoms with Gasteiger partial charge in [0.15, 0.2) is 0 Å². The van der Waals surface area contributed by atoms with Crippen LogP contribution in [0, 0.1) is 20.8 Å². The first kappa shape index (κ1) is 18.2. The molecular formula is C18H21Y. The van der Waals surface area contributed by atoms with Gasteiger partial charge in [-0.3, -0.25) is 0 Å². The van der Waals surface area contributed by atoms with E-state index in [0.29, 0.717) is 0 Å². The summed E-state index contributed by atoms with van der Waals surface area (Å²) in [5.41, 5.74) is 4.03. The van der Waals surface area contributed by atoms with E-state index in [1.807, 2.05) is 36.4 Å². The predicted octanol–water partition coefficient (Wildman–Crippen LogP) is 5.14. The van der Waals surface area contributed by atoms with Crippen molar-refractivity contribution < 1.29 is 32.7 Å². The number of rotatable bonds is 0. The Bertz CT molecular complexity index is 393. The Morgan fingerprint density at radius 3 is 0.632 bits per heavy atom. The van der Waals surface area contributed by atoms with Gasteiger partial charge in [-0.05, 0) is 0 Å². The summed E-state index contributed by atoms with van der Waals surface area (Å²) in [5.74, 6) is 0. The fourth-order valence-corrected chi connectivity index (χ4v) is 1.41. The monoisotopic (exact) mass is 326 g/mol. The molecule has 0 atom stereocenters. The van der Waals surface area contributed by atoms with Crippen LogP contribution in [0.4, 0.5) is 0 Å². The van der Waals surface area contributed by atoms with E-state index in [1.165, 1.54) is 16.7 Å². The molecule has 0 amide bonds. The number of hydrogen-bond acceptors (Lipinski definition) is 0. The predicted molar refractivity (Wildman–Crippen MR) is 80.3 cm³/mol. The minimum atomic E-state index is 0. The molecule has 0 aromatic heterocycles. The third-order valence-electron chi connectivity index (χ3n) is 2.49. The first-order chi connectivity index (χ1) is 8.68. The Balaban J connectivity index is 0.000000249. The van der Waals surface area contributed by atoms with E-state index in [2.05, 4.69) is 57.2 Å². The van der Waals surface area contributed by atoms with Crippen LogP contribution in [0.3, 0.4) is 0 Å². The summed E-state index contributed by atoms with van der Waals surface area (Å²) in [7, 11) is 0. The molecule has 0 aliphatic rings. The fourth-order valence-electron chi connectivity index (χ4n) is 1.41. The molecule has 0 nitrogen and oxygen atoms in total. The van der Waals surface area contributed by atoms with Crippen LogP contribution in [0.1, 0.15) is 16.7 Å². The molecule has 0 fully saturated rings. The van der Waals surface area contributed by atoms with Crippen molar-refractivity contribution in [3.8, 4) is 0 Å². The van der Waals surface area contributed by atoms with E-state index < -0.39 is 0 Å². The standard InChI is InChI=1S/3C6H7.Y/c3*1-6-4-2-3-5-6;/h3*2-5H,1H3;/q3*-1;+3. The van der Waals surface area contributed by atoms with Gasteiger partial charge < -0.3 is 0 Å². The van der Waals surface area contributed by atoms with Crippen LogP contribution in [0.15, 0.2) is 72.8 Å². The fraction of sp³-hybridized carbons (Fsp3) is 0.167. The van der Waals surface area contributed by atoms with E-state index in [0.717, 1.165) is 0 Å².